The fourth-order valence-corrected chi connectivity index (χ4v) is 1.26. The van der Waals surface area contributed by atoms with Crippen molar-refractivity contribution in [1.82, 2.24) is 15.1 Å². The van der Waals surface area contributed by atoms with Crippen LogP contribution in [0.5, 0.6) is 0 Å². The van der Waals surface area contributed by atoms with Crippen molar-refractivity contribution in [2.24, 2.45) is 0 Å². The first-order valence-electron chi connectivity index (χ1n) is 4.63. The fraction of sp³-hybridized carbons (Fsp3) is 0.556. The molecule has 15 heavy (non-hydrogen) atoms. The topological polar surface area (TPSA) is 46.9 Å². The van der Waals surface area contributed by atoms with Gasteiger partial charge in [-0.25, -0.2) is 8.78 Å². The number of amides is 1. The van der Waals surface area contributed by atoms with Gasteiger partial charge < -0.3 is 5.32 Å². The van der Waals surface area contributed by atoms with Gasteiger partial charge in [-0.2, -0.15) is 5.10 Å². The Morgan fingerprint density at radius 1 is 1.67 bits per heavy atom. The van der Waals surface area contributed by atoms with Crippen LogP contribution in [0.2, 0.25) is 0 Å². The Hall–Kier alpha value is -1.46. The Bertz CT molecular complexity index is 349. The maximum Gasteiger partial charge on any atom is 0.280 e. The summed E-state index contributed by atoms with van der Waals surface area (Å²) in [6, 6.07) is 1.28. The van der Waals surface area contributed by atoms with Crippen LogP contribution in [0.15, 0.2) is 6.07 Å². The van der Waals surface area contributed by atoms with E-state index in [1.54, 1.807) is 13.8 Å². The summed E-state index contributed by atoms with van der Waals surface area (Å²) < 4.78 is 26.0. The molecular formula is C9H13F2N3O. The minimum atomic E-state index is -2.61. The van der Waals surface area contributed by atoms with Crippen molar-refractivity contribution in [2.45, 2.75) is 26.8 Å². The molecule has 0 radical (unpaired) electrons. The summed E-state index contributed by atoms with van der Waals surface area (Å²) in [5.41, 5.74) is 0.258. The molecule has 0 spiro atoms. The first-order chi connectivity index (χ1) is 7.04. The molecule has 0 atom stereocenters. The molecule has 1 aromatic heterocycles. The number of likely N-dealkylation sites (N-methyl/N-ethyl adjacent to an activating group) is 1. The van der Waals surface area contributed by atoms with E-state index in [1.165, 1.54) is 6.07 Å². The lowest BCUT2D eigenvalue weighted by Gasteiger charge is -2.06. The van der Waals surface area contributed by atoms with Crippen LogP contribution in [0, 0.1) is 6.92 Å². The number of rotatable bonds is 4. The zero-order chi connectivity index (χ0) is 11.4. The second-order valence-electron chi connectivity index (χ2n) is 3.12. The lowest BCUT2D eigenvalue weighted by atomic mass is 10.4. The lowest BCUT2D eigenvalue weighted by molar-refractivity contribution is -0.121. The van der Waals surface area contributed by atoms with Gasteiger partial charge in [0, 0.05) is 6.54 Å². The Morgan fingerprint density at radius 3 is 2.87 bits per heavy atom. The molecule has 1 rings (SSSR count). The molecule has 1 amide bonds. The molecule has 0 aromatic carbocycles. The Labute approximate surface area is 86.3 Å². The van der Waals surface area contributed by atoms with Gasteiger partial charge in [-0.3, -0.25) is 9.48 Å². The monoisotopic (exact) mass is 217 g/mol. The maximum absolute atomic E-state index is 12.5. The van der Waals surface area contributed by atoms with E-state index in [0.717, 1.165) is 4.68 Å². The van der Waals surface area contributed by atoms with Gasteiger partial charge in [0.1, 0.15) is 12.2 Å². The van der Waals surface area contributed by atoms with E-state index in [2.05, 4.69) is 10.4 Å². The van der Waals surface area contributed by atoms with Crippen molar-refractivity contribution in [3.8, 4) is 0 Å². The van der Waals surface area contributed by atoms with E-state index in [-0.39, 0.29) is 18.1 Å². The zero-order valence-corrected chi connectivity index (χ0v) is 8.63. The summed E-state index contributed by atoms with van der Waals surface area (Å²) in [5.74, 6) is -0.317. The normalized spacial score (nSPS) is 10.7. The van der Waals surface area contributed by atoms with E-state index in [4.69, 9.17) is 0 Å². The quantitative estimate of drug-likeness (QED) is 0.825. The highest BCUT2D eigenvalue weighted by atomic mass is 19.3. The first-order valence-corrected chi connectivity index (χ1v) is 4.63. The summed E-state index contributed by atoms with van der Waals surface area (Å²) in [6.45, 7) is 3.69. The summed E-state index contributed by atoms with van der Waals surface area (Å²) in [6.07, 6.45) is -2.61. The van der Waals surface area contributed by atoms with Crippen LogP contribution in [0.3, 0.4) is 0 Å². The molecule has 0 aliphatic carbocycles. The number of alkyl halides is 2. The highest BCUT2D eigenvalue weighted by Gasteiger charge is 2.16. The van der Waals surface area contributed by atoms with E-state index in [9.17, 15) is 13.6 Å². The summed E-state index contributed by atoms with van der Waals surface area (Å²) in [7, 11) is 0. The second kappa shape index (κ2) is 4.86. The van der Waals surface area contributed by atoms with Crippen LogP contribution in [0.1, 0.15) is 24.7 Å². The average molecular weight is 217 g/mol. The summed E-state index contributed by atoms with van der Waals surface area (Å²) in [4.78, 5) is 11.2. The summed E-state index contributed by atoms with van der Waals surface area (Å²) in [5, 5.41) is 6.35. The third kappa shape index (κ3) is 3.00. The van der Waals surface area contributed by atoms with Crippen LogP contribution in [-0.2, 0) is 11.3 Å². The van der Waals surface area contributed by atoms with Gasteiger partial charge >= 0.3 is 0 Å². The number of nitrogens with one attached hydrogen (secondary N) is 1. The lowest BCUT2D eigenvalue weighted by Crippen LogP contribution is -2.28. The van der Waals surface area contributed by atoms with E-state index < -0.39 is 6.43 Å². The predicted octanol–water partition coefficient (Wildman–Crippen LogP) is 1.27. The number of carbonyl (C=O) groups excluding carboxylic acids is 1. The van der Waals surface area contributed by atoms with Gasteiger partial charge in [0.25, 0.3) is 6.43 Å². The van der Waals surface area contributed by atoms with Crippen molar-refractivity contribution in [3.05, 3.63) is 17.5 Å². The molecule has 6 heteroatoms. The van der Waals surface area contributed by atoms with Crippen molar-refractivity contribution < 1.29 is 13.6 Å². The van der Waals surface area contributed by atoms with Gasteiger partial charge in [-0.05, 0) is 19.9 Å². The number of halogens is 2. The Morgan fingerprint density at radius 2 is 2.33 bits per heavy atom. The third-order valence-corrected chi connectivity index (χ3v) is 1.82. The Balaban J connectivity index is 2.79. The number of aryl methyl sites for hydroxylation is 1. The number of aromatic nitrogens is 2. The van der Waals surface area contributed by atoms with Gasteiger partial charge in [0.2, 0.25) is 5.91 Å². The molecule has 0 aliphatic rings. The minimum absolute atomic E-state index is 0.165. The molecule has 0 saturated heterocycles. The number of nitrogens with zero attached hydrogens (tertiary/aromatic N) is 2. The smallest absolute Gasteiger partial charge is 0.280 e. The molecule has 1 aromatic rings. The van der Waals surface area contributed by atoms with Crippen LogP contribution in [0.4, 0.5) is 8.78 Å². The van der Waals surface area contributed by atoms with Gasteiger partial charge in [-0.1, -0.05) is 0 Å². The molecule has 0 unspecified atom stereocenters. The molecular weight excluding hydrogens is 204 g/mol. The van der Waals surface area contributed by atoms with Crippen LogP contribution >= 0.6 is 0 Å². The van der Waals surface area contributed by atoms with Crippen molar-refractivity contribution >= 4 is 5.91 Å². The van der Waals surface area contributed by atoms with Crippen LogP contribution in [0.25, 0.3) is 0 Å². The molecule has 0 saturated carbocycles. The van der Waals surface area contributed by atoms with E-state index in [0.29, 0.717) is 12.2 Å². The molecule has 0 aliphatic heterocycles. The molecule has 1 heterocycles. The van der Waals surface area contributed by atoms with E-state index in [1.807, 2.05) is 0 Å². The average Bonchev–Trinajstić information content (AvgIpc) is 2.47. The minimum Gasteiger partial charge on any atom is -0.355 e. The maximum atomic E-state index is 12.5. The standard InChI is InChI=1S/C9H13F2N3O/c1-3-12-8(15)5-14-7(9(10)11)4-6(2)13-14/h4,9H,3,5H2,1-2H3,(H,12,15). The number of hydrogen-bond acceptors (Lipinski definition) is 2. The first kappa shape index (κ1) is 11.6. The van der Waals surface area contributed by atoms with Gasteiger partial charge in [0.15, 0.2) is 0 Å². The van der Waals surface area contributed by atoms with Crippen LogP contribution < -0.4 is 5.32 Å². The van der Waals surface area contributed by atoms with Crippen molar-refractivity contribution in [1.29, 1.82) is 0 Å². The molecule has 0 fully saturated rings. The highest BCUT2D eigenvalue weighted by Crippen LogP contribution is 2.19. The second-order valence-corrected chi connectivity index (χ2v) is 3.12. The molecule has 1 N–H and O–H groups in total. The fourth-order valence-electron chi connectivity index (χ4n) is 1.26. The van der Waals surface area contributed by atoms with Crippen molar-refractivity contribution in [3.63, 3.8) is 0 Å². The largest absolute Gasteiger partial charge is 0.355 e. The zero-order valence-electron chi connectivity index (χ0n) is 8.63. The molecule has 0 bridgehead atoms. The van der Waals surface area contributed by atoms with Gasteiger partial charge in [-0.15, -0.1) is 0 Å². The SMILES string of the molecule is CCNC(=O)Cn1nc(C)cc1C(F)F. The van der Waals surface area contributed by atoms with Crippen LogP contribution in [-0.4, -0.2) is 22.2 Å². The Kier molecular flexibility index (Phi) is 3.76. The third-order valence-electron chi connectivity index (χ3n) is 1.82. The van der Waals surface area contributed by atoms with E-state index >= 15 is 0 Å². The highest BCUT2D eigenvalue weighted by molar-refractivity contribution is 5.75. The van der Waals surface area contributed by atoms with Gasteiger partial charge in [0.05, 0.1) is 5.69 Å². The van der Waals surface area contributed by atoms with Crippen molar-refractivity contribution in [2.75, 3.05) is 6.54 Å². The molecule has 4 nitrogen and oxygen atoms in total. The summed E-state index contributed by atoms with van der Waals surface area (Å²) >= 11 is 0. The number of hydrogen-bond donors (Lipinski definition) is 1. The molecule has 84 valence electrons. The number of carbonyl (C=O) groups is 1. The predicted molar refractivity (Wildman–Crippen MR) is 50.6 cm³/mol.